The maximum absolute atomic E-state index is 5.81. The first-order valence-corrected chi connectivity index (χ1v) is 4.81. The van der Waals surface area contributed by atoms with Gasteiger partial charge in [0, 0.05) is 6.04 Å². The zero-order chi connectivity index (χ0) is 8.20. The minimum Gasteiger partial charge on any atom is -0.324 e. The van der Waals surface area contributed by atoms with Gasteiger partial charge in [0.05, 0.1) is 0 Å². The van der Waals surface area contributed by atoms with Crippen LogP contribution in [0.25, 0.3) is 0 Å². The Bertz CT molecular complexity index is 110. The first kappa shape index (κ1) is 10.0. The summed E-state index contributed by atoms with van der Waals surface area (Å²) in [6.45, 7) is 8.00. The lowest BCUT2D eigenvalue weighted by Crippen LogP contribution is -2.37. The second kappa shape index (κ2) is 4.04. The Labute approximate surface area is 68.1 Å². The van der Waals surface area contributed by atoms with E-state index in [4.69, 9.17) is 5.73 Å². The molecule has 0 aliphatic rings. The Kier molecular flexibility index (Phi) is 4.06. The Hall–Kier alpha value is 0.0500. The van der Waals surface area contributed by atoms with Gasteiger partial charge in [-0.25, -0.2) is 0 Å². The molecule has 0 aliphatic carbocycles. The molecule has 0 bridgehead atoms. The molecule has 0 heterocycles. The summed E-state index contributed by atoms with van der Waals surface area (Å²) in [5.41, 5.74) is 5.99. The molecule has 0 aromatic carbocycles. The highest BCUT2D eigenvalue weighted by atomic mass is 32.2. The van der Waals surface area contributed by atoms with E-state index in [1.54, 1.807) is 0 Å². The second-order valence-electron chi connectivity index (χ2n) is 3.18. The molecule has 0 rings (SSSR count). The number of nitrogens with two attached hydrogens (primary N) is 1. The van der Waals surface area contributed by atoms with Crippen molar-refractivity contribution in [1.82, 2.24) is 0 Å². The Morgan fingerprint density at radius 1 is 1.70 bits per heavy atom. The van der Waals surface area contributed by atoms with Gasteiger partial charge in [0.15, 0.2) is 0 Å². The van der Waals surface area contributed by atoms with Crippen molar-refractivity contribution in [3.63, 3.8) is 0 Å². The summed E-state index contributed by atoms with van der Waals surface area (Å²) in [5.74, 6) is 1.08. The summed E-state index contributed by atoms with van der Waals surface area (Å²) in [6.07, 6.45) is 3.91. The molecular formula is C8H17NS. The van der Waals surface area contributed by atoms with Gasteiger partial charge in [0.2, 0.25) is 0 Å². The van der Waals surface area contributed by atoms with Gasteiger partial charge in [-0.05, 0) is 17.4 Å². The summed E-state index contributed by atoms with van der Waals surface area (Å²) in [6, 6.07) is 0.111. The van der Waals surface area contributed by atoms with Crippen molar-refractivity contribution in [2.45, 2.75) is 19.9 Å². The van der Waals surface area contributed by atoms with Crippen LogP contribution < -0.4 is 5.73 Å². The highest BCUT2D eigenvalue weighted by Crippen LogP contribution is 2.23. The van der Waals surface area contributed by atoms with Crippen molar-refractivity contribution in [3.8, 4) is 0 Å². The minimum atomic E-state index is 0.111. The van der Waals surface area contributed by atoms with E-state index in [0.29, 0.717) is 0 Å². The third kappa shape index (κ3) is 2.76. The zero-order valence-electron chi connectivity index (χ0n) is 7.05. The standard InChI is InChI=1S/C8H17NS/c1-5-7(9)8(2,3)6-10-4/h5,7H,1,6,9H2,2-4H3. The summed E-state index contributed by atoms with van der Waals surface area (Å²) in [4.78, 5) is 0. The van der Waals surface area contributed by atoms with Crippen molar-refractivity contribution in [2.75, 3.05) is 12.0 Å². The summed E-state index contributed by atoms with van der Waals surface area (Å²) < 4.78 is 0. The van der Waals surface area contributed by atoms with E-state index in [1.807, 2.05) is 17.8 Å². The van der Waals surface area contributed by atoms with Crippen LogP contribution in [0.5, 0.6) is 0 Å². The van der Waals surface area contributed by atoms with Crippen LogP contribution in [0.3, 0.4) is 0 Å². The molecule has 10 heavy (non-hydrogen) atoms. The molecule has 1 unspecified atom stereocenters. The van der Waals surface area contributed by atoms with Crippen LogP contribution in [0.15, 0.2) is 12.7 Å². The molecule has 1 atom stereocenters. The fraction of sp³-hybridized carbons (Fsp3) is 0.750. The van der Waals surface area contributed by atoms with Crippen LogP contribution in [0, 0.1) is 5.41 Å². The largest absolute Gasteiger partial charge is 0.324 e. The number of hydrogen-bond acceptors (Lipinski definition) is 2. The predicted octanol–water partition coefficient (Wildman–Crippen LogP) is 1.89. The number of thioether (sulfide) groups is 1. The first-order chi connectivity index (χ1) is 4.54. The summed E-state index contributed by atoms with van der Waals surface area (Å²) in [7, 11) is 0. The smallest absolute Gasteiger partial charge is 0.0281 e. The average molecular weight is 159 g/mol. The topological polar surface area (TPSA) is 26.0 Å². The van der Waals surface area contributed by atoms with E-state index < -0.39 is 0 Å². The SMILES string of the molecule is C=CC(N)C(C)(C)CSC. The van der Waals surface area contributed by atoms with Gasteiger partial charge in [-0.2, -0.15) is 11.8 Å². The lowest BCUT2D eigenvalue weighted by atomic mass is 9.87. The molecule has 0 radical (unpaired) electrons. The van der Waals surface area contributed by atoms with E-state index in [0.717, 1.165) is 5.75 Å². The Morgan fingerprint density at radius 2 is 2.20 bits per heavy atom. The molecule has 60 valence electrons. The molecule has 0 aromatic heterocycles. The molecule has 1 nitrogen and oxygen atoms in total. The molecule has 0 saturated heterocycles. The summed E-state index contributed by atoms with van der Waals surface area (Å²) >= 11 is 1.82. The third-order valence-corrected chi connectivity index (χ3v) is 2.71. The molecule has 0 spiro atoms. The van der Waals surface area contributed by atoms with Crippen LogP contribution in [0.1, 0.15) is 13.8 Å². The van der Waals surface area contributed by atoms with E-state index >= 15 is 0 Å². The van der Waals surface area contributed by atoms with Crippen LogP contribution >= 0.6 is 11.8 Å². The maximum Gasteiger partial charge on any atom is 0.0281 e. The molecule has 0 fully saturated rings. The van der Waals surface area contributed by atoms with Crippen molar-refractivity contribution in [1.29, 1.82) is 0 Å². The van der Waals surface area contributed by atoms with E-state index in [2.05, 4.69) is 26.7 Å². The van der Waals surface area contributed by atoms with Crippen molar-refractivity contribution < 1.29 is 0 Å². The van der Waals surface area contributed by atoms with Crippen LogP contribution in [0.2, 0.25) is 0 Å². The maximum atomic E-state index is 5.81. The quantitative estimate of drug-likeness (QED) is 0.634. The average Bonchev–Trinajstić information content (AvgIpc) is 1.86. The van der Waals surface area contributed by atoms with Gasteiger partial charge >= 0.3 is 0 Å². The van der Waals surface area contributed by atoms with Gasteiger partial charge < -0.3 is 5.73 Å². The molecule has 0 aromatic rings. The van der Waals surface area contributed by atoms with Crippen LogP contribution in [-0.4, -0.2) is 18.1 Å². The van der Waals surface area contributed by atoms with Crippen molar-refractivity contribution in [2.24, 2.45) is 11.1 Å². The molecule has 0 aliphatic heterocycles. The highest BCUT2D eigenvalue weighted by Gasteiger charge is 2.22. The Morgan fingerprint density at radius 3 is 2.50 bits per heavy atom. The predicted molar refractivity (Wildman–Crippen MR) is 50.3 cm³/mol. The fourth-order valence-electron chi connectivity index (χ4n) is 0.787. The van der Waals surface area contributed by atoms with Gasteiger partial charge in [-0.3, -0.25) is 0 Å². The molecule has 0 saturated carbocycles. The summed E-state index contributed by atoms with van der Waals surface area (Å²) in [5, 5.41) is 0. The second-order valence-corrected chi connectivity index (χ2v) is 4.05. The van der Waals surface area contributed by atoms with Gasteiger partial charge in [0.25, 0.3) is 0 Å². The number of rotatable bonds is 4. The lowest BCUT2D eigenvalue weighted by molar-refractivity contribution is 0.376. The molecule has 2 N–H and O–H groups in total. The van der Waals surface area contributed by atoms with E-state index in [1.165, 1.54) is 0 Å². The van der Waals surface area contributed by atoms with Gasteiger partial charge in [-0.15, -0.1) is 6.58 Å². The van der Waals surface area contributed by atoms with E-state index in [-0.39, 0.29) is 11.5 Å². The van der Waals surface area contributed by atoms with E-state index in [9.17, 15) is 0 Å². The molecule has 2 heteroatoms. The number of hydrogen-bond donors (Lipinski definition) is 1. The zero-order valence-corrected chi connectivity index (χ0v) is 7.87. The Balaban J connectivity index is 3.94. The van der Waals surface area contributed by atoms with Crippen molar-refractivity contribution in [3.05, 3.63) is 12.7 Å². The van der Waals surface area contributed by atoms with Gasteiger partial charge in [-0.1, -0.05) is 19.9 Å². The van der Waals surface area contributed by atoms with Crippen molar-refractivity contribution >= 4 is 11.8 Å². The highest BCUT2D eigenvalue weighted by molar-refractivity contribution is 7.98. The molecular weight excluding hydrogens is 142 g/mol. The molecule has 0 amide bonds. The minimum absolute atomic E-state index is 0.111. The fourth-order valence-corrected chi connectivity index (χ4v) is 1.72. The normalized spacial score (nSPS) is 14.8. The van der Waals surface area contributed by atoms with Gasteiger partial charge in [0.1, 0.15) is 0 Å². The third-order valence-electron chi connectivity index (χ3n) is 1.67. The lowest BCUT2D eigenvalue weighted by Gasteiger charge is -2.28. The first-order valence-electron chi connectivity index (χ1n) is 3.41. The monoisotopic (exact) mass is 159 g/mol. The van der Waals surface area contributed by atoms with Crippen LogP contribution in [0.4, 0.5) is 0 Å². The van der Waals surface area contributed by atoms with Crippen LogP contribution in [-0.2, 0) is 0 Å².